The van der Waals surface area contributed by atoms with Crippen molar-refractivity contribution in [2.75, 3.05) is 13.1 Å². The maximum absolute atomic E-state index is 7.46. The second-order valence-electron chi connectivity index (χ2n) is 7.61. The van der Waals surface area contributed by atoms with E-state index in [1.54, 1.807) is 0 Å². The first-order valence-corrected chi connectivity index (χ1v) is 10.0. The molecule has 0 radical (unpaired) electrons. The van der Waals surface area contributed by atoms with Crippen molar-refractivity contribution in [1.82, 2.24) is 10.3 Å². The summed E-state index contributed by atoms with van der Waals surface area (Å²) in [6, 6.07) is 0. The van der Waals surface area contributed by atoms with Crippen molar-refractivity contribution in [2.24, 2.45) is 28.4 Å². The predicted molar refractivity (Wildman–Crippen MR) is 120 cm³/mol. The van der Waals surface area contributed by atoms with Crippen LogP contribution in [0.2, 0.25) is 0 Å². The molecule has 1 aliphatic heterocycles. The van der Waals surface area contributed by atoms with Crippen LogP contribution in [0.4, 0.5) is 0 Å². The van der Waals surface area contributed by atoms with Crippen molar-refractivity contribution in [2.45, 2.75) is 39.2 Å². The lowest BCUT2D eigenvalue weighted by Crippen LogP contribution is -2.38. The van der Waals surface area contributed by atoms with Crippen molar-refractivity contribution in [1.29, 1.82) is 5.41 Å². The quantitative estimate of drug-likeness (QED) is 0.165. The monoisotopic (exact) mass is 398 g/mol. The molecule has 0 aromatic carbocycles. The van der Waals surface area contributed by atoms with Crippen LogP contribution in [0.15, 0.2) is 65.3 Å². The molecule has 1 fully saturated rings. The number of hydrogen-bond acceptors (Lipinski definition) is 6. The van der Waals surface area contributed by atoms with Gasteiger partial charge in [0.1, 0.15) is 5.84 Å². The van der Waals surface area contributed by atoms with Gasteiger partial charge in [-0.25, -0.2) is 4.99 Å². The number of hydrogen-bond donors (Lipinski definition) is 4. The first-order valence-electron chi connectivity index (χ1n) is 10.0. The van der Waals surface area contributed by atoms with Crippen LogP contribution >= 0.6 is 0 Å². The van der Waals surface area contributed by atoms with Gasteiger partial charge in [-0.1, -0.05) is 13.2 Å². The number of nitrogens with two attached hydrogens (primary N) is 2. The summed E-state index contributed by atoms with van der Waals surface area (Å²) in [7, 11) is 0. The summed E-state index contributed by atoms with van der Waals surface area (Å²) in [5.41, 5.74) is 11.3. The zero-order valence-corrected chi connectivity index (χ0v) is 17.5. The highest BCUT2D eigenvalue weighted by molar-refractivity contribution is 5.94. The van der Waals surface area contributed by atoms with Crippen molar-refractivity contribution in [3.63, 3.8) is 0 Å². The molecule has 2 rings (SSSR count). The van der Waals surface area contributed by atoms with E-state index in [1.165, 1.54) is 12.4 Å². The lowest BCUT2D eigenvalue weighted by atomic mass is 9.87. The molecule has 29 heavy (non-hydrogen) atoms. The molecule has 0 spiro atoms. The maximum Gasteiger partial charge on any atom is 0.130 e. The van der Waals surface area contributed by atoms with Gasteiger partial charge in [0.05, 0.1) is 11.9 Å². The van der Waals surface area contributed by atoms with Gasteiger partial charge < -0.3 is 26.2 Å². The van der Waals surface area contributed by atoms with Crippen LogP contribution < -0.4 is 17.0 Å². The third-order valence-electron chi connectivity index (χ3n) is 5.18. The average molecular weight is 399 g/mol. The molecule has 158 valence electrons. The zero-order chi connectivity index (χ0) is 21.4. The van der Waals surface area contributed by atoms with Crippen LogP contribution in [0.3, 0.4) is 0 Å². The van der Waals surface area contributed by atoms with E-state index >= 15 is 0 Å². The lowest BCUT2D eigenvalue weighted by molar-refractivity contribution is 0.135. The van der Waals surface area contributed by atoms with E-state index in [1.807, 2.05) is 32.1 Å². The minimum Gasteiger partial charge on any atom is -0.495 e. The molecule has 0 saturated carbocycles. The Morgan fingerprint density at radius 1 is 1.38 bits per heavy atom. The summed E-state index contributed by atoms with van der Waals surface area (Å²) in [5, 5.41) is 7.46. The SMILES string of the molecule is C=C/N=C(\C=C(/N)C(=C)[C@H]1CC(OC(C)C)=CC=C1NN)N1CCC(C=N)CC1. The highest BCUT2D eigenvalue weighted by Gasteiger charge is 2.25. The predicted octanol–water partition coefficient (Wildman–Crippen LogP) is 2.96. The van der Waals surface area contributed by atoms with Gasteiger partial charge in [-0.15, -0.1) is 0 Å². The number of allylic oxidation sites excluding steroid dienone is 5. The van der Waals surface area contributed by atoms with Crippen LogP contribution in [0.5, 0.6) is 0 Å². The summed E-state index contributed by atoms with van der Waals surface area (Å²) in [6.45, 7) is 13.6. The molecule has 1 saturated heterocycles. The zero-order valence-electron chi connectivity index (χ0n) is 17.5. The van der Waals surface area contributed by atoms with Gasteiger partial charge in [-0.05, 0) is 56.5 Å². The molecular weight excluding hydrogens is 364 g/mol. The van der Waals surface area contributed by atoms with E-state index in [0.29, 0.717) is 18.0 Å². The second-order valence-corrected chi connectivity index (χ2v) is 7.61. The smallest absolute Gasteiger partial charge is 0.130 e. The molecule has 1 heterocycles. The van der Waals surface area contributed by atoms with E-state index in [9.17, 15) is 0 Å². The fourth-order valence-corrected chi connectivity index (χ4v) is 3.56. The lowest BCUT2D eigenvalue weighted by Gasteiger charge is -2.32. The minimum absolute atomic E-state index is 0.0939. The number of likely N-dealkylation sites (tertiary alicyclic amines) is 1. The standard InChI is InChI=1S/C22H34N6O/c1-5-26-22(28-10-8-17(14-23)9-11-28)13-20(24)16(4)19-12-18(29-15(2)3)6-7-21(19)27-25/h5-7,13-15,17,19,23,27H,1,4,8-12,24-25H2,2-3H3/b20-13-,23-14?,26-22+/t19-/m1/s1. The van der Waals surface area contributed by atoms with E-state index in [0.717, 1.165) is 48.8 Å². The van der Waals surface area contributed by atoms with E-state index in [2.05, 4.69) is 28.5 Å². The van der Waals surface area contributed by atoms with Gasteiger partial charge in [-0.3, -0.25) is 5.84 Å². The number of rotatable bonds is 8. The number of nitrogens with one attached hydrogen (secondary N) is 2. The molecule has 0 amide bonds. The molecule has 6 N–H and O–H groups in total. The Hall–Kier alpha value is -2.80. The van der Waals surface area contributed by atoms with E-state index < -0.39 is 0 Å². The summed E-state index contributed by atoms with van der Waals surface area (Å²) in [4.78, 5) is 6.60. The molecule has 7 nitrogen and oxygen atoms in total. The molecule has 1 aliphatic carbocycles. The van der Waals surface area contributed by atoms with Crippen molar-refractivity contribution >= 4 is 12.1 Å². The highest BCUT2D eigenvalue weighted by Crippen LogP contribution is 2.32. The Bertz CT molecular complexity index is 738. The first-order chi connectivity index (χ1) is 13.9. The van der Waals surface area contributed by atoms with Gasteiger partial charge in [0.25, 0.3) is 0 Å². The van der Waals surface area contributed by atoms with E-state index in [-0.39, 0.29) is 12.0 Å². The maximum atomic E-state index is 7.46. The Morgan fingerprint density at radius 3 is 2.62 bits per heavy atom. The van der Waals surface area contributed by atoms with Crippen molar-refractivity contribution in [3.05, 3.63) is 60.3 Å². The van der Waals surface area contributed by atoms with Crippen molar-refractivity contribution < 1.29 is 4.74 Å². The van der Waals surface area contributed by atoms with Crippen molar-refractivity contribution in [3.8, 4) is 0 Å². The number of nitrogens with zero attached hydrogens (tertiary/aromatic N) is 2. The van der Waals surface area contributed by atoms with Crippen LogP contribution in [0.1, 0.15) is 33.1 Å². The molecule has 0 aromatic heterocycles. The fraction of sp³-hybridized carbons (Fsp3) is 0.455. The third-order valence-corrected chi connectivity index (χ3v) is 5.18. The molecule has 7 heteroatoms. The molecule has 0 unspecified atom stereocenters. The number of hydrazine groups is 1. The van der Waals surface area contributed by atoms with E-state index in [4.69, 9.17) is 21.7 Å². The van der Waals surface area contributed by atoms with Gasteiger partial charge in [0, 0.05) is 49.1 Å². The average Bonchev–Trinajstić information content (AvgIpc) is 2.72. The summed E-state index contributed by atoms with van der Waals surface area (Å²) >= 11 is 0. The Kier molecular flexibility index (Phi) is 8.27. The van der Waals surface area contributed by atoms with Gasteiger partial charge in [0.2, 0.25) is 0 Å². The fourth-order valence-electron chi connectivity index (χ4n) is 3.56. The number of ether oxygens (including phenoxy) is 1. The molecule has 0 bridgehead atoms. The number of piperidine rings is 1. The molecule has 1 atom stereocenters. The van der Waals surface area contributed by atoms with Gasteiger partial charge >= 0.3 is 0 Å². The second kappa shape index (κ2) is 10.7. The van der Waals surface area contributed by atoms with Crippen LogP contribution in [-0.4, -0.2) is 36.1 Å². The number of amidine groups is 1. The largest absolute Gasteiger partial charge is 0.495 e. The van der Waals surface area contributed by atoms with Crippen LogP contribution in [0, 0.1) is 17.2 Å². The topological polar surface area (TPSA) is 113 Å². The molecule has 2 aliphatic rings. The minimum atomic E-state index is -0.0939. The Balaban J connectivity index is 2.17. The van der Waals surface area contributed by atoms with Crippen LogP contribution in [0.25, 0.3) is 0 Å². The number of aliphatic imine (C=N–C) groups is 1. The third kappa shape index (κ3) is 6.09. The molecular formula is C22H34N6O. The molecule has 0 aromatic rings. The van der Waals surface area contributed by atoms with Gasteiger partial charge in [0.15, 0.2) is 0 Å². The Morgan fingerprint density at radius 2 is 2.07 bits per heavy atom. The Labute approximate surface area is 174 Å². The first kappa shape index (κ1) is 22.5. The van der Waals surface area contributed by atoms with Gasteiger partial charge in [-0.2, -0.15) is 0 Å². The normalized spacial score (nSPS) is 21.4. The van der Waals surface area contributed by atoms with Crippen LogP contribution in [-0.2, 0) is 4.74 Å². The highest BCUT2D eigenvalue weighted by atomic mass is 16.5. The summed E-state index contributed by atoms with van der Waals surface area (Å²) in [5.74, 6) is 7.60. The summed E-state index contributed by atoms with van der Waals surface area (Å²) < 4.78 is 5.86. The summed E-state index contributed by atoms with van der Waals surface area (Å²) in [6.07, 6.45) is 11.3.